The molecule has 24 heavy (non-hydrogen) atoms. The molecule has 0 saturated carbocycles. The number of halogens is 3. The maximum Gasteiger partial charge on any atom is 0.138 e. The van der Waals surface area contributed by atoms with Gasteiger partial charge in [-0.15, -0.1) is 12.4 Å². The predicted molar refractivity (Wildman–Crippen MR) is 99.5 cm³/mol. The summed E-state index contributed by atoms with van der Waals surface area (Å²) in [7, 11) is 3.61. The first-order valence-electron chi connectivity index (χ1n) is 7.54. The van der Waals surface area contributed by atoms with E-state index in [9.17, 15) is 0 Å². The molecule has 0 spiro atoms. The number of ether oxygens (including phenoxy) is 1. The molecular formula is C16H21Cl3N4O. The van der Waals surface area contributed by atoms with E-state index < -0.39 is 0 Å². The van der Waals surface area contributed by atoms with E-state index in [4.69, 9.17) is 27.9 Å². The molecule has 8 heteroatoms. The second kappa shape index (κ2) is 8.41. The summed E-state index contributed by atoms with van der Waals surface area (Å²) in [5, 5.41) is 4.69. The number of aryl methyl sites for hydroxylation is 1. The molecule has 1 unspecified atom stereocenters. The van der Waals surface area contributed by atoms with E-state index in [2.05, 4.69) is 19.8 Å². The normalized spacial score (nSPS) is 18.2. The van der Waals surface area contributed by atoms with Gasteiger partial charge in [0.1, 0.15) is 11.6 Å². The van der Waals surface area contributed by atoms with Crippen molar-refractivity contribution in [3.05, 3.63) is 46.0 Å². The number of rotatable bonds is 4. The summed E-state index contributed by atoms with van der Waals surface area (Å²) in [6, 6.07) is 3.87. The van der Waals surface area contributed by atoms with Crippen LogP contribution in [-0.4, -0.2) is 41.2 Å². The smallest absolute Gasteiger partial charge is 0.138 e. The first-order valence-corrected chi connectivity index (χ1v) is 8.29. The van der Waals surface area contributed by atoms with Crippen LogP contribution in [0.3, 0.4) is 0 Å². The van der Waals surface area contributed by atoms with Gasteiger partial charge >= 0.3 is 0 Å². The molecule has 1 saturated heterocycles. The monoisotopic (exact) mass is 390 g/mol. The highest BCUT2D eigenvalue weighted by Gasteiger charge is 2.27. The molecule has 5 nitrogen and oxygen atoms in total. The maximum absolute atomic E-state index is 6.40. The van der Waals surface area contributed by atoms with Crippen molar-refractivity contribution in [3.63, 3.8) is 0 Å². The highest BCUT2D eigenvalue weighted by atomic mass is 35.5. The fourth-order valence-corrected chi connectivity index (χ4v) is 3.43. The van der Waals surface area contributed by atoms with Crippen LogP contribution in [-0.2, 0) is 13.6 Å². The molecule has 0 bridgehead atoms. The van der Waals surface area contributed by atoms with Gasteiger partial charge in [0.25, 0.3) is 0 Å². The average Bonchev–Trinajstić information content (AvgIpc) is 2.97. The van der Waals surface area contributed by atoms with Crippen LogP contribution in [0.4, 0.5) is 0 Å². The lowest BCUT2D eigenvalue weighted by Crippen LogP contribution is -2.46. The van der Waals surface area contributed by atoms with Crippen LogP contribution in [0.15, 0.2) is 24.5 Å². The number of hydrogen-bond donors (Lipinski definition) is 1. The second-order valence-electron chi connectivity index (χ2n) is 5.66. The zero-order valence-electron chi connectivity index (χ0n) is 13.6. The number of nitrogens with one attached hydrogen (secondary N) is 1. The molecule has 1 aliphatic rings. The number of aromatic nitrogens is 2. The minimum Gasteiger partial charge on any atom is -0.495 e. The summed E-state index contributed by atoms with van der Waals surface area (Å²) in [6.45, 7) is 3.47. The number of methoxy groups -OCH3 is 1. The summed E-state index contributed by atoms with van der Waals surface area (Å²) >= 11 is 12.7. The Morgan fingerprint density at radius 3 is 2.79 bits per heavy atom. The van der Waals surface area contributed by atoms with Crippen LogP contribution in [0.1, 0.15) is 17.4 Å². The number of hydrogen-bond acceptors (Lipinski definition) is 4. The van der Waals surface area contributed by atoms with Crippen molar-refractivity contribution in [2.75, 3.05) is 26.7 Å². The first kappa shape index (κ1) is 19.3. The van der Waals surface area contributed by atoms with Crippen molar-refractivity contribution in [1.29, 1.82) is 0 Å². The van der Waals surface area contributed by atoms with Gasteiger partial charge in [0, 0.05) is 56.7 Å². The molecule has 0 radical (unpaired) electrons. The third-order valence-electron chi connectivity index (χ3n) is 4.21. The van der Waals surface area contributed by atoms with E-state index in [-0.39, 0.29) is 18.4 Å². The van der Waals surface area contributed by atoms with Crippen molar-refractivity contribution in [1.82, 2.24) is 19.8 Å². The summed E-state index contributed by atoms with van der Waals surface area (Å²) in [6.07, 6.45) is 3.80. The van der Waals surface area contributed by atoms with Crippen LogP contribution in [0, 0.1) is 0 Å². The Morgan fingerprint density at radius 1 is 1.33 bits per heavy atom. The van der Waals surface area contributed by atoms with Crippen molar-refractivity contribution in [2.45, 2.75) is 12.6 Å². The van der Waals surface area contributed by atoms with Crippen LogP contribution in [0.25, 0.3) is 0 Å². The third-order valence-corrected chi connectivity index (χ3v) is 4.85. The topological polar surface area (TPSA) is 42.3 Å². The Kier molecular flexibility index (Phi) is 6.78. The second-order valence-corrected chi connectivity index (χ2v) is 6.48. The van der Waals surface area contributed by atoms with E-state index in [0.29, 0.717) is 15.8 Å². The maximum atomic E-state index is 6.40. The largest absolute Gasteiger partial charge is 0.495 e. The van der Waals surface area contributed by atoms with Gasteiger partial charge in [0.2, 0.25) is 0 Å². The van der Waals surface area contributed by atoms with Crippen LogP contribution >= 0.6 is 35.6 Å². The van der Waals surface area contributed by atoms with Crippen molar-refractivity contribution in [2.24, 2.45) is 7.05 Å². The van der Waals surface area contributed by atoms with E-state index in [0.717, 1.165) is 37.6 Å². The standard InChI is InChI=1S/C16H20Cl2N4O.ClH/c1-21-5-4-20-16(21)14-9-19-3-6-22(14)10-11-7-13(18)15(23-2)8-12(11)17;/h4-5,7-8,14,19H,3,6,9-10H2,1-2H3;1H. The van der Waals surface area contributed by atoms with Crippen molar-refractivity contribution < 1.29 is 4.74 Å². The van der Waals surface area contributed by atoms with Gasteiger partial charge < -0.3 is 14.6 Å². The average molecular weight is 392 g/mol. The molecule has 1 aromatic heterocycles. The quantitative estimate of drug-likeness (QED) is 0.868. The Balaban J connectivity index is 0.00000208. The molecule has 1 atom stereocenters. The molecule has 0 aliphatic carbocycles. The molecule has 3 rings (SSSR count). The zero-order chi connectivity index (χ0) is 16.4. The van der Waals surface area contributed by atoms with E-state index in [1.54, 1.807) is 13.2 Å². The Hall–Kier alpha value is -0.980. The fraction of sp³-hybridized carbons (Fsp3) is 0.438. The summed E-state index contributed by atoms with van der Waals surface area (Å²) in [4.78, 5) is 6.88. The van der Waals surface area contributed by atoms with E-state index >= 15 is 0 Å². The van der Waals surface area contributed by atoms with E-state index in [1.165, 1.54) is 0 Å². The van der Waals surface area contributed by atoms with E-state index in [1.807, 2.05) is 25.5 Å². The molecule has 1 aromatic carbocycles. The Bertz CT molecular complexity index is 692. The zero-order valence-corrected chi connectivity index (χ0v) is 16.0. The molecule has 1 N–H and O–H groups in total. The van der Waals surface area contributed by atoms with Gasteiger partial charge in [-0.05, 0) is 11.6 Å². The number of benzene rings is 1. The van der Waals surface area contributed by atoms with Crippen LogP contribution in [0.2, 0.25) is 10.0 Å². The van der Waals surface area contributed by atoms with Crippen LogP contribution in [0.5, 0.6) is 5.75 Å². The van der Waals surface area contributed by atoms with Gasteiger partial charge in [-0.2, -0.15) is 0 Å². The lowest BCUT2D eigenvalue weighted by molar-refractivity contribution is 0.145. The van der Waals surface area contributed by atoms with Gasteiger partial charge in [-0.3, -0.25) is 4.90 Å². The minimum atomic E-state index is 0. The Labute approximate surface area is 158 Å². The number of imidazole rings is 1. The Morgan fingerprint density at radius 2 is 2.12 bits per heavy atom. The molecular weight excluding hydrogens is 371 g/mol. The lowest BCUT2D eigenvalue weighted by Gasteiger charge is -2.36. The highest BCUT2D eigenvalue weighted by molar-refractivity contribution is 6.34. The molecule has 1 aliphatic heterocycles. The predicted octanol–water partition coefficient (Wildman–Crippen LogP) is 3.30. The molecule has 2 heterocycles. The highest BCUT2D eigenvalue weighted by Crippen LogP contribution is 2.33. The molecule has 0 amide bonds. The van der Waals surface area contributed by atoms with Gasteiger partial charge in [-0.1, -0.05) is 23.2 Å². The van der Waals surface area contributed by atoms with Crippen LogP contribution < -0.4 is 10.1 Å². The molecule has 132 valence electrons. The SMILES string of the molecule is COc1cc(Cl)c(CN2CCNCC2c2nccn2C)cc1Cl.Cl. The van der Waals surface area contributed by atoms with Gasteiger partial charge in [0.05, 0.1) is 18.2 Å². The third kappa shape index (κ3) is 3.98. The number of nitrogens with zero attached hydrogens (tertiary/aromatic N) is 3. The minimum absolute atomic E-state index is 0. The number of piperazine rings is 1. The van der Waals surface area contributed by atoms with Gasteiger partial charge in [0.15, 0.2) is 0 Å². The van der Waals surface area contributed by atoms with Gasteiger partial charge in [-0.25, -0.2) is 4.98 Å². The lowest BCUT2D eigenvalue weighted by atomic mass is 10.1. The van der Waals surface area contributed by atoms with Crippen molar-refractivity contribution >= 4 is 35.6 Å². The molecule has 1 fully saturated rings. The molecule has 2 aromatic rings. The summed E-state index contributed by atoms with van der Waals surface area (Å²) in [5.41, 5.74) is 0.999. The summed E-state index contributed by atoms with van der Waals surface area (Å²) in [5.74, 6) is 1.65. The first-order chi connectivity index (χ1) is 11.1. The van der Waals surface area contributed by atoms with Crippen molar-refractivity contribution in [3.8, 4) is 5.75 Å². The summed E-state index contributed by atoms with van der Waals surface area (Å²) < 4.78 is 7.28. The fourth-order valence-electron chi connectivity index (χ4n) is 2.95.